The van der Waals surface area contributed by atoms with Crippen molar-refractivity contribution >= 4 is 0 Å². The fourth-order valence-electron chi connectivity index (χ4n) is 1.73. The molecule has 2 unspecified atom stereocenters. The van der Waals surface area contributed by atoms with Crippen LogP contribution in [0.2, 0.25) is 0 Å². The Bertz CT molecular complexity index is 137. The number of hydrogen-bond acceptors (Lipinski definition) is 3. The number of likely N-dealkylation sites (N-methyl/N-ethyl adjacent to an activating group) is 1. The lowest BCUT2D eigenvalue weighted by Gasteiger charge is -2.24. The van der Waals surface area contributed by atoms with E-state index >= 15 is 0 Å². The van der Waals surface area contributed by atoms with Gasteiger partial charge in [-0.05, 0) is 46.3 Å². The maximum Gasteiger partial charge on any atom is 0.0524 e. The summed E-state index contributed by atoms with van der Waals surface area (Å²) in [5.74, 6) is 0.717. The number of aliphatic hydroxyl groups is 1. The zero-order valence-electron chi connectivity index (χ0n) is 11.0. The Kier molecular flexibility index (Phi) is 8.02. The summed E-state index contributed by atoms with van der Waals surface area (Å²) < 4.78 is 0. The van der Waals surface area contributed by atoms with E-state index in [1.807, 2.05) is 6.92 Å². The summed E-state index contributed by atoms with van der Waals surface area (Å²) >= 11 is 0. The van der Waals surface area contributed by atoms with Crippen LogP contribution in [0.25, 0.3) is 0 Å². The van der Waals surface area contributed by atoms with E-state index in [0.717, 1.165) is 19.5 Å². The van der Waals surface area contributed by atoms with Crippen LogP contribution in [0.5, 0.6) is 0 Å². The van der Waals surface area contributed by atoms with Gasteiger partial charge in [0, 0.05) is 12.6 Å². The smallest absolute Gasteiger partial charge is 0.0524 e. The molecule has 0 spiro atoms. The van der Waals surface area contributed by atoms with Crippen LogP contribution < -0.4 is 5.32 Å². The van der Waals surface area contributed by atoms with Crippen LogP contribution in [0, 0.1) is 5.92 Å². The topological polar surface area (TPSA) is 35.5 Å². The first-order chi connectivity index (χ1) is 6.91. The predicted octanol–water partition coefficient (Wildman–Crippen LogP) is 1.32. The van der Waals surface area contributed by atoms with Gasteiger partial charge in [0.05, 0.1) is 6.10 Å². The molecule has 0 fully saturated rings. The molecule has 0 bridgehead atoms. The molecule has 0 aromatic carbocycles. The summed E-state index contributed by atoms with van der Waals surface area (Å²) in [4.78, 5) is 2.21. The van der Waals surface area contributed by atoms with Gasteiger partial charge in [-0.2, -0.15) is 0 Å². The molecule has 2 atom stereocenters. The van der Waals surface area contributed by atoms with Gasteiger partial charge in [0.1, 0.15) is 0 Å². The molecule has 0 saturated heterocycles. The van der Waals surface area contributed by atoms with Crippen molar-refractivity contribution in [2.75, 3.05) is 27.2 Å². The van der Waals surface area contributed by atoms with Crippen LogP contribution in [-0.4, -0.2) is 49.3 Å². The Morgan fingerprint density at radius 3 is 2.20 bits per heavy atom. The van der Waals surface area contributed by atoms with Crippen molar-refractivity contribution in [2.45, 2.75) is 45.8 Å². The highest BCUT2D eigenvalue weighted by Crippen LogP contribution is 2.05. The Balaban J connectivity index is 3.79. The van der Waals surface area contributed by atoms with Crippen LogP contribution in [0.1, 0.15) is 33.6 Å². The minimum absolute atomic E-state index is 0.198. The standard InChI is InChI=1S/C12H28N2O/c1-10(2)8-12(9-14(4)5)13-7-6-11(3)15/h10-13,15H,6-9H2,1-5H3. The monoisotopic (exact) mass is 216 g/mol. The molecule has 92 valence electrons. The van der Waals surface area contributed by atoms with E-state index in [2.05, 4.69) is 38.2 Å². The summed E-state index contributed by atoms with van der Waals surface area (Å²) in [5, 5.41) is 12.7. The van der Waals surface area contributed by atoms with Crippen molar-refractivity contribution in [3.8, 4) is 0 Å². The van der Waals surface area contributed by atoms with E-state index in [9.17, 15) is 5.11 Å². The van der Waals surface area contributed by atoms with E-state index in [1.54, 1.807) is 0 Å². The van der Waals surface area contributed by atoms with Crippen LogP contribution >= 0.6 is 0 Å². The van der Waals surface area contributed by atoms with Crippen LogP contribution in [0.15, 0.2) is 0 Å². The second-order valence-electron chi connectivity index (χ2n) is 5.18. The quantitative estimate of drug-likeness (QED) is 0.642. The molecule has 3 heteroatoms. The fraction of sp³-hybridized carbons (Fsp3) is 1.00. The molecule has 0 heterocycles. The van der Waals surface area contributed by atoms with E-state index in [0.29, 0.717) is 12.0 Å². The predicted molar refractivity (Wildman–Crippen MR) is 66.1 cm³/mol. The van der Waals surface area contributed by atoms with Gasteiger partial charge >= 0.3 is 0 Å². The van der Waals surface area contributed by atoms with Gasteiger partial charge in [-0.1, -0.05) is 13.8 Å². The molecule has 0 aliphatic rings. The van der Waals surface area contributed by atoms with Gasteiger partial charge in [-0.15, -0.1) is 0 Å². The third kappa shape index (κ3) is 10.2. The molecular formula is C12H28N2O. The molecule has 0 amide bonds. The number of nitrogens with zero attached hydrogens (tertiary/aromatic N) is 1. The fourth-order valence-corrected chi connectivity index (χ4v) is 1.73. The van der Waals surface area contributed by atoms with Crippen molar-refractivity contribution in [2.24, 2.45) is 5.92 Å². The summed E-state index contributed by atoms with van der Waals surface area (Å²) in [6.07, 6.45) is 1.83. The van der Waals surface area contributed by atoms with Gasteiger partial charge in [-0.25, -0.2) is 0 Å². The summed E-state index contributed by atoms with van der Waals surface area (Å²) in [7, 11) is 4.20. The van der Waals surface area contributed by atoms with Crippen LogP contribution in [0.4, 0.5) is 0 Å². The van der Waals surface area contributed by atoms with Crippen molar-refractivity contribution in [3.05, 3.63) is 0 Å². The summed E-state index contributed by atoms with van der Waals surface area (Å²) in [6, 6.07) is 0.541. The third-order valence-corrected chi connectivity index (χ3v) is 2.34. The normalized spacial score (nSPS) is 16.0. The average molecular weight is 216 g/mol. The first kappa shape index (κ1) is 14.9. The highest BCUT2D eigenvalue weighted by Gasteiger charge is 2.11. The third-order valence-electron chi connectivity index (χ3n) is 2.34. The Labute approximate surface area is 94.9 Å². The first-order valence-corrected chi connectivity index (χ1v) is 5.98. The minimum atomic E-state index is -0.198. The lowest BCUT2D eigenvalue weighted by atomic mass is 10.0. The molecule has 0 aliphatic heterocycles. The van der Waals surface area contributed by atoms with Gasteiger partial charge in [-0.3, -0.25) is 0 Å². The van der Waals surface area contributed by atoms with Gasteiger partial charge < -0.3 is 15.3 Å². The number of hydrogen-bond donors (Lipinski definition) is 2. The Morgan fingerprint density at radius 2 is 1.80 bits per heavy atom. The van der Waals surface area contributed by atoms with Gasteiger partial charge in [0.15, 0.2) is 0 Å². The van der Waals surface area contributed by atoms with Crippen molar-refractivity contribution in [1.29, 1.82) is 0 Å². The second kappa shape index (κ2) is 8.08. The molecule has 0 aromatic rings. The summed E-state index contributed by atoms with van der Waals surface area (Å²) in [6.45, 7) is 8.31. The highest BCUT2D eigenvalue weighted by atomic mass is 16.3. The highest BCUT2D eigenvalue weighted by molar-refractivity contribution is 4.71. The number of nitrogens with one attached hydrogen (secondary N) is 1. The number of aliphatic hydroxyl groups excluding tert-OH is 1. The zero-order chi connectivity index (χ0) is 11.8. The van der Waals surface area contributed by atoms with E-state index < -0.39 is 0 Å². The molecule has 0 rings (SSSR count). The second-order valence-corrected chi connectivity index (χ2v) is 5.18. The Morgan fingerprint density at radius 1 is 1.20 bits per heavy atom. The number of rotatable bonds is 8. The van der Waals surface area contributed by atoms with Gasteiger partial charge in [0.25, 0.3) is 0 Å². The van der Waals surface area contributed by atoms with Crippen LogP contribution in [0.3, 0.4) is 0 Å². The maximum absolute atomic E-state index is 9.18. The molecule has 0 aliphatic carbocycles. The summed E-state index contributed by atoms with van der Waals surface area (Å²) in [5.41, 5.74) is 0. The zero-order valence-corrected chi connectivity index (χ0v) is 11.0. The van der Waals surface area contributed by atoms with E-state index in [-0.39, 0.29) is 6.10 Å². The lowest BCUT2D eigenvalue weighted by Crippen LogP contribution is -2.40. The van der Waals surface area contributed by atoms with E-state index in [4.69, 9.17) is 0 Å². The Hall–Kier alpha value is -0.120. The molecule has 0 saturated carbocycles. The molecular weight excluding hydrogens is 188 g/mol. The lowest BCUT2D eigenvalue weighted by molar-refractivity contribution is 0.180. The largest absolute Gasteiger partial charge is 0.393 e. The molecule has 3 nitrogen and oxygen atoms in total. The van der Waals surface area contributed by atoms with Crippen molar-refractivity contribution in [3.63, 3.8) is 0 Å². The van der Waals surface area contributed by atoms with Crippen molar-refractivity contribution < 1.29 is 5.11 Å². The molecule has 15 heavy (non-hydrogen) atoms. The minimum Gasteiger partial charge on any atom is -0.393 e. The maximum atomic E-state index is 9.18. The SMILES string of the molecule is CC(C)CC(CN(C)C)NCCC(C)O. The first-order valence-electron chi connectivity index (χ1n) is 5.98. The molecule has 2 N–H and O–H groups in total. The molecule has 0 radical (unpaired) electrons. The van der Waals surface area contributed by atoms with Crippen LogP contribution in [-0.2, 0) is 0 Å². The van der Waals surface area contributed by atoms with Gasteiger partial charge in [0.2, 0.25) is 0 Å². The molecule has 0 aromatic heterocycles. The van der Waals surface area contributed by atoms with Crippen molar-refractivity contribution in [1.82, 2.24) is 10.2 Å². The average Bonchev–Trinajstić information content (AvgIpc) is 2.00. The van der Waals surface area contributed by atoms with E-state index in [1.165, 1.54) is 6.42 Å².